The van der Waals surface area contributed by atoms with Crippen LogP contribution in [0.1, 0.15) is 50.0 Å². The lowest BCUT2D eigenvalue weighted by Crippen LogP contribution is -2.51. The molecule has 0 spiro atoms. The number of amides is 2. The predicted octanol–water partition coefficient (Wildman–Crippen LogP) is 4.05. The van der Waals surface area contributed by atoms with Gasteiger partial charge in [-0.1, -0.05) is 20.8 Å². The molecular weight excluding hydrogens is 412 g/mol. The molecule has 0 bridgehead atoms. The van der Waals surface area contributed by atoms with Crippen molar-refractivity contribution in [3.8, 4) is 11.5 Å². The van der Waals surface area contributed by atoms with E-state index in [1.165, 1.54) is 0 Å². The van der Waals surface area contributed by atoms with Crippen molar-refractivity contribution in [2.24, 2.45) is 0 Å². The first kappa shape index (κ1) is 23.3. The number of aromatic nitrogens is 1. The number of rotatable bonds is 6. The highest BCUT2D eigenvalue weighted by atomic mass is 32.1. The molecule has 31 heavy (non-hydrogen) atoms. The van der Waals surface area contributed by atoms with Crippen molar-refractivity contribution < 1.29 is 14.3 Å². The van der Waals surface area contributed by atoms with Crippen molar-refractivity contribution >= 4 is 17.4 Å². The van der Waals surface area contributed by atoms with E-state index in [1.54, 1.807) is 25.6 Å². The number of urea groups is 1. The second kappa shape index (κ2) is 9.87. The van der Waals surface area contributed by atoms with Gasteiger partial charge in [-0.25, -0.2) is 9.78 Å². The van der Waals surface area contributed by atoms with Crippen molar-refractivity contribution in [3.63, 3.8) is 0 Å². The SMILES string of the molecule is COc1ccc(OC)c(CN2CCN(C(=O)NC(C)c3nc(C(C)(C)C)cs3)CC2)c1. The van der Waals surface area contributed by atoms with Crippen molar-refractivity contribution in [1.82, 2.24) is 20.1 Å². The van der Waals surface area contributed by atoms with Gasteiger partial charge in [0.25, 0.3) is 0 Å². The van der Waals surface area contributed by atoms with Gasteiger partial charge in [0, 0.05) is 49.1 Å². The Hall–Kier alpha value is -2.32. The first-order valence-corrected chi connectivity index (χ1v) is 11.5. The molecule has 170 valence electrons. The summed E-state index contributed by atoms with van der Waals surface area (Å²) in [6, 6.07) is 5.72. The van der Waals surface area contributed by atoms with E-state index in [2.05, 4.69) is 36.4 Å². The second-order valence-electron chi connectivity index (χ2n) is 8.93. The maximum Gasteiger partial charge on any atom is 0.318 e. The van der Waals surface area contributed by atoms with Crippen LogP contribution in [0.2, 0.25) is 0 Å². The number of piperazine rings is 1. The monoisotopic (exact) mass is 446 g/mol. The zero-order valence-electron chi connectivity index (χ0n) is 19.4. The lowest BCUT2D eigenvalue weighted by atomic mass is 9.93. The summed E-state index contributed by atoms with van der Waals surface area (Å²) in [6.45, 7) is 12.2. The summed E-state index contributed by atoms with van der Waals surface area (Å²) < 4.78 is 10.8. The molecule has 2 heterocycles. The number of ether oxygens (including phenoxy) is 2. The molecule has 3 rings (SSSR count). The fourth-order valence-corrected chi connectivity index (χ4v) is 4.58. The Morgan fingerprint density at radius 2 is 1.90 bits per heavy atom. The van der Waals surface area contributed by atoms with Gasteiger partial charge in [-0.05, 0) is 25.1 Å². The maximum absolute atomic E-state index is 12.8. The quantitative estimate of drug-likeness (QED) is 0.725. The second-order valence-corrected chi connectivity index (χ2v) is 9.82. The zero-order chi connectivity index (χ0) is 22.6. The van der Waals surface area contributed by atoms with Gasteiger partial charge in [0.1, 0.15) is 16.5 Å². The van der Waals surface area contributed by atoms with Gasteiger partial charge >= 0.3 is 6.03 Å². The number of carbonyl (C=O) groups excluding carboxylic acids is 1. The topological polar surface area (TPSA) is 66.9 Å². The zero-order valence-corrected chi connectivity index (χ0v) is 20.2. The van der Waals surface area contributed by atoms with Crippen molar-refractivity contribution in [2.75, 3.05) is 40.4 Å². The molecule has 1 N–H and O–H groups in total. The van der Waals surface area contributed by atoms with Crippen LogP contribution < -0.4 is 14.8 Å². The molecule has 0 radical (unpaired) electrons. The minimum atomic E-state index is -0.104. The Morgan fingerprint density at radius 1 is 1.19 bits per heavy atom. The van der Waals surface area contributed by atoms with Crippen LogP contribution in [0.25, 0.3) is 0 Å². The molecule has 2 amide bonds. The summed E-state index contributed by atoms with van der Waals surface area (Å²) in [6.07, 6.45) is 0. The van der Waals surface area contributed by atoms with Gasteiger partial charge in [-0.15, -0.1) is 11.3 Å². The smallest absolute Gasteiger partial charge is 0.318 e. The van der Waals surface area contributed by atoms with E-state index in [-0.39, 0.29) is 17.5 Å². The predicted molar refractivity (Wildman–Crippen MR) is 124 cm³/mol. The summed E-state index contributed by atoms with van der Waals surface area (Å²) in [5.41, 5.74) is 2.17. The highest BCUT2D eigenvalue weighted by Crippen LogP contribution is 2.27. The minimum Gasteiger partial charge on any atom is -0.497 e. The van der Waals surface area contributed by atoms with E-state index in [0.717, 1.165) is 47.4 Å². The van der Waals surface area contributed by atoms with Crippen LogP contribution in [0.4, 0.5) is 4.79 Å². The fraction of sp³-hybridized carbons (Fsp3) is 0.565. The molecule has 1 aliphatic rings. The van der Waals surface area contributed by atoms with E-state index in [0.29, 0.717) is 13.1 Å². The Kier molecular flexibility index (Phi) is 7.43. The number of thiazole rings is 1. The summed E-state index contributed by atoms with van der Waals surface area (Å²) in [7, 11) is 3.35. The van der Waals surface area contributed by atoms with Crippen molar-refractivity contribution in [2.45, 2.75) is 45.7 Å². The highest BCUT2D eigenvalue weighted by Gasteiger charge is 2.25. The molecule has 0 saturated carbocycles. The van der Waals surface area contributed by atoms with Crippen LogP contribution >= 0.6 is 11.3 Å². The molecule has 8 heteroatoms. The van der Waals surface area contributed by atoms with Crippen LogP contribution in [0.5, 0.6) is 11.5 Å². The Labute approximate surface area is 189 Å². The number of carbonyl (C=O) groups is 1. The van der Waals surface area contributed by atoms with Gasteiger partial charge in [0.2, 0.25) is 0 Å². The third-order valence-electron chi connectivity index (χ3n) is 5.54. The molecule has 1 aromatic heterocycles. The summed E-state index contributed by atoms with van der Waals surface area (Å²) in [5.74, 6) is 1.67. The van der Waals surface area contributed by atoms with E-state index >= 15 is 0 Å². The largest absolute Gasteiger partial charge is 0.497 e. The molecule has 1 fully saturated rings. The molecule has 1 unspecified atom stereocenters. The number of methoxy groups -OCH3 is 2. The summed E-state index contributed by atoms with van der Waals surface area (Å²) in [4.78, 5) is 21.7. The average molecular weight is 447 g/mol. The molecule has 1 atom stereocenters. The average Bonchev–Trinajstić information content (AvgIpc) is 3.25. The fourth-order valence-electron chi connectivity index (χ4n) is 3.52. The Morgan fingerprint density at radius 3 is 2.48 bits per heavy atom. The van der Waals surface area contributed by atoms with Gasteiger partial charge in [-0.2, -0.15) is 0 Å². The summed E-state index contributed by atoms with van der Waals surface area (Å²) in [5, 5.41) is 6.14. The van der Waals surface area contributed by atoms with Crippen LogP contribution in [-0.2, 0) is 12.0 Å². The Balaban J connectivity index is 1.52. The van der Waals surface area contributed by atoms with Crippen LogP contribution in [0.15, 0.2) is 23.6 Å². The van der Waals surface area contributed by atoms with Gasteiger partial charge in [0.05, 0.1) is 26.0 Å². The first-order valence-electron chi connectivity index (χ1n) is 10.7. The van der Waals surface area contributed by atoms with E-state index < -0.39 is 0 Å². The standard InChI is InChI=1S/C23H34N4O3S/c1-16(21-25-20(15-31-21)23(2,3)4)24-22(28)27-11-9-26(10-12-27)14-17-13-18(29-5)7-8-19(17)30-6/h7-8,13,15-16H,9-12,14H2,1-6H3,(H,24,28). The number of hydrogen-bond acceptors (Lipinski definition) is 6. The number of hydrogen-bond donors (Lipinski definition) is 1. The minimum absolute atomic E-state index is 0.0141. The lowest BCUT2D eigenvalue weighted by molar-refractivity contribution is 0.133. The van der Waals surface area contributed by atoms with Crippen LogP contribution in [0, 0.1) is 0 Å². The first-order chi connectivity index (χ1) is 14.7. The molecule has 1 aliphatic heterocycles. The Bertz CT molecular complexity index is 885. The third kappa shape index (κ3) is 5.89. The third-order valence-corrected chi connectivity index (χ3v) is 6.57. The number of nitrogens with zero attached hydrogens (tertiary/aromatic N) is 3. The lowest BCUT2D eigenvalue weighted by Gasteiger charge is -2.35. The van der Waals surface area contributed by atoms with Crippen molar-refractivity contribution in [3.05, 3.63) is 39.8 Å². The van der Waals surface area contributed by atoms with E-state index in [9.17, 15) is 4.79 Å². The summed E-state index contributed by atoms with van der Waals surface area (Å²) >= 11 is 1.61. The van der Waals surface area contributed by atoms with E-state index in [4.69, 9.17) is 14.5 Å². The molecular formula is C23H34N4O3S. The molecule has 2 aromatic rings. The van der Waals surface area contributed by atoms with Gasteiger partial charge < -0.3 is 19.7 Å². The highest BCUT2D eigenvalue weighted by molar-refractivity contribution is 7.09. The number of benzene rings is 1. The van der Waals surface area contributed by atoms with E-state index in [1.807, 2.05) is 30.0 Å². The molecule has 7 nitrogen and oxygen atoms in total. The maximum atomic E-state index is 12.8. The molecule has 1 aromatic carbocycles. The van der Waals surface area contributed by atoms with Gasteiger partial charge in [0.15, 0.2) is 0 Å². The normalized spacial score (nSPS) is 16.1. The molecule has 0 aliphatic carbocycles. The molecule has 1 saturated heterocycles. The van der Waals surface area contributed by atoms with Crippen molar-refractivity contribution in [1.29, 1.82) is 0 Å². The van der Waals surface area contributed by atoms with Crippen LogP contribution in [0.3, 0.4) is 0 Å². The number of nitrogens with one attached hydrogen (secondary N) is 1. The van der Waals surface area contributed by atoms with Gasteiger partial charge in [-0.3, -0.25) is 4.90 Å². The van der Waals surface area contributed by atoms with Crippen LogP contribution in [-0.4, -0.2) is 61.2 Å².